The van der Waals surface area contributed by atoms with Crippen LogP contribution in [0.25, 0.3) is 0 Å². The maximum absolute atomic E-state index is 13.5. The van der Waals surface area contributed by atoms with Gasteiger partial charge in [-0.15, -0.1) is 0 Å². The second kappa shape index (κ2) is 7.18. The SMILES string of the molecule is Cc1noc(C)c1CCCNS(=O)(=O)Cc1c(F)cccc1F. The molecule has 126 valence electrons. The van der Waals surface area contributed by atoms with Crippen molar-refractivity contribution >= 4 is 10.0 Å². The lowest BCUT2D eigenvalue weighted by molar-refractivity contribution is 0.392. The molecule has 0 bridgehead atoms. The van der Waals surface area contributed by atoms with Crippen LogP contribution < -0.4 is 4.72 Å². The van der Waals surface area contributed by atoms with Gasteiger partial charge < -0.3 is 4.52 Å². The zero-order chi connectivity index (χ0) is 17.0. The van der Waals surface area contributed by atoms with Gasteiger partial charge in [0.15, 0.2) is 0 Å². The molecule has 1 heterocycles. The van der Waals surface area contributed by atoms with Gasteiger partial charge in [-0.1, -0.05) is 11.2 Å². The molecule has 8 heteroatoms. The first-order valence-electron chi connectivity index (χ1n) is 7.12. The Morgan fingerprint density at radius 2 is 1.83 bits per heavy atom. The van der Waals surface area contributed by atoms with Gasteiger partial charge in [-0.05, 0) is 38.8 Å². The van der Waals surface area contributed by atoms with E-state index >= 15 is 0 Å². The summed E-state index contributed by atoms with van der Waals surface area (Å²) >= 11 is 0. The number of aryl methyl sites for hydroxylation is 2. The molecule has 5 nitrogen and oxygen atoms in total. The number of benzene rings is 1. The molecule has 0 radical (unpaired) electrons. The quantitative estimate of drug-likeness (QED) is 0.784. The molecule has 0 saturated carbocycles. The molecule has 0 saturated heterocycles. The van der Waals surface area contributed by atoms with E-state index in [2.05, 4.69) is 9.88 Å². The highest BCUT2D eigenvalue weighted by atomic mass is 32.2. The summed E-state index contributed by atoms with van der Waals surface area (Å²) in [6.07, 6.45) is 1.14. The van der Waals surface area contributed by atoms with Crippen LogP contribution >= 0.6 is 0 Å². The molecule has 2 aromatic rings. The molecule has 2 rings (SSSR count). The topological polar surface area (TPSA) is 72.2 Å². The standard InChI is InChI=1S/C15H18F2N2O3S/c1-10-12(11(2)22-19-10)5-4-8-18-23(20,21)9-13-14(16)6-3-7-15(13)17/h3,6-7,18H,4-5,8-9H2,1-2H3. The van der Waals surface area contributed by atoms with Gasteiger partial charge in [0.05, 0.1) is 11.4 Å². The van der Waals surface area contributed by atoms with Gasteiger partial charge in [-0.2, -0.15) is 0 Å². The number of halogens is 2. The van der Waals surface area contributed by atoms with Crippen LogP contribution in [0.5, 0.6) is 0 Å². The molecule has 0 aliphatic heterocycles. The fourth-order valence-electron chi connectivity index (χ4n) is 2.26. The number of nitrogens with one attached hydrogen (secondary N) is 1. The number of rotatable bonds is 7. The van der Waals surface area contributed by atoms with E-state index < -0.39 is 33.0 Å². The van der Waals surface area contributed by atoms with Crippen LogP contribution in [0.15, 0.2) is 22.7 Å². The van der Waals surface area contributed by atoms with Crippen LogP contribution in [0.4, 0.5) is 8.78 Å². The fraction of sp³-hybridized carbons (Fsp3) is 0.400. The van der Waals surface area contributed by atoms with Crippen molar-refractivity contribution in [1.29, 1.82) is 0 Å². The molecule has 0 aliphatic rings. The van der Waals surface area contributed by atoms with Crippen LogP contribution in [0.1, 0.15) is 29.0 Å². The molecule has 1 aromatic heterocycles. The van der Waals surface area contributed by atoms with Crippen molar-refractivity contribution in [3.63, 3.8) is 0 Å². The Labute approximate surface area is 133 Å². The normalized spacial score (nSPS) is 11.8. The van der Waals surface area contributed by atoms with Crippen molar-refractivity contribution in [2.45, 2.75) is 32.4 Å². The van der Waals surface area contributed by atoms with Crippen molar-refractivity contribution in [3.8, 4) is 0 Å². The van der Waals surface area contributed by atoms with Gasteiger partial charge in [0.25, 0.3) is 0 Å². The Bertz CT molecular complexity index is 748. The fourth-order valence-corrected chi connectivity index (χ4v) is 3.48. The lowest BCUT2D eigenvalue weighted by Crippen LogP contribution is -2.27. The molecule has 0 aliphatic carbocycles. The second-order valence-electron chi connectivity index (χ2n) is 5.26. The number of nitrogens with zero attached hydrogens (tertiary/aromatic N) is 1. The summed E-state index contributed by atoms with van der Waals surface area (Å²) in [5.74, 6) is -1.76. The number of sulfonamides is 1. The molecule has 0 spiro atoms. The minimum atomic E-state index is -3.81. The van der Waals surface area contributed by atoms with Crippen LogP contribution in [0, 0.1) is 25.5 Å². The predicted molar refractivity (Wildman–Crippen MR) is 81.3 cm³/mol. The molecule has 1 aromatic carbocycles. The molecule has 0 fully saturated rings. The summed E-state index contributed by atoms with van der Waals surface area (Å²) in [4.78, 5) is 0. The monoisotopic (exact) mass is 344 g/mol. The van der Waals surface area contributed by atoms with E-state index in [1.807, 2.05) is 6.92 Å². The van der Waals surface area contributed by atoms with Crippen LogP contribution in [-0.4, -0.2) is 20.1 Å². The Kier molecular flexibility index (Phi) is 5.48. The maximum atomic E-state index is 13.5. The molecule has 0 unspecified atom stereocenters. The van der Waals surface area contributed by atoms with Gasteiger partial charge >= 0.3 is 0 Å². The van der Waals surface area contributed by atoms with E-state index in [1.165, 1.54) is 6.07 Å². The highest BCUT2D eigenvalue weighted by Crippen LogP contribution is 2.16. The van der Waals surface area contributed by atoms with Crippen LogP contribution in [-0.2, 0) is 22.2 Å². The minimum Gasteiger partial charge on any atom is -0.361 e. The third kappa shape index (κ3) is 4.59. The van der Waals surface area contributed by atoms with Gasteiger partial charge in [0.2, 0.25) is 10.0 Å². The highest BCUT2D eigenvalue weighted by molar-refractivity contribution is 7.88. The summed E-state index contributed by atoms with van der Waals surface area (Å²) in [7, 11) is -3.81. The van der Waals surface area contributed by atoms with Crippen molar-refractivity contribution in [1.82, 2.24) is 9.88 Å². The van der Waals surface area contributed by atoms with Crippen LogP contribution in [0.2, 0.25) is 0 Å². The molecular weight excluding hydrogens is 326 g/mol. The summed E-state index contributed by atoms with van der Waals surface area (Å²) in [6, 6.07) is 3.26. The lowest BCUT2D eigenvalue weighted by Gasteiger charge is -2.08. The first-order chi connectivity index (χ1) is 10.8. The Morgan fingerprint density at radius 1 is 1.17 bits per heavy atom. The van der Waals surface area contributed by atoms with Crippen molar-refractivity contribution < 1.29 is 21.7 Å². The van der Waals surface area contributed by atoms with E-state index in [0.717, 1.165) is 23.4 Å². The summed E-state index contributed by atoms with van der Waals surface area (Å²) in [6.45, 7) is 3.78. The smallest absolute Gasteiger partial charge is 0.215 e. The first kappa shape index (κ1) is 17.6. The van der Waals surface area contributed by atoms with Crippen LogP contribution in [0.3, 0.4) is 0 Å². The zero-order valence-corrected chi connectivity index (χ0v) is 13.7. The number of aromatic nitrogens is 1. The molecule has 1 N–H and O–H groups in total. The molecule has 23 heavy (non-hydrogen) atoms. The third-order valence-electron chi connectivity index (χ3n) is 3.50. The Balaban J connectivity index is 1.90. The van der Waals surface area contributed by atoms with E-state index in [4.69, 9.17) is 4.52 Å². The van der Waals surface area contributed by atoms with Gasteiger partial charge in [-0.3, -0.25) is 0 Å². The van der Waals surface area contributed by atoms with Gasteiger partial charge in [0.1, 0.15) is 17.4 Å². The van der Waals surface area contributed by atoms with E-state index in [0.29, 0.717) is 18.6 Å². The van der Waals surface area contributed by atoms with E-state index in [-0.39, 0.29) is 6.54 Å². The molecule has 0 atom stereocenters. The first-order valence-corrected chi connectivity index (χ1v) is 8.77. The molecular formula is C15H18F2N2O3S. The third-order valence-corrected chi connectivity index (χ3v) is 4.82. The number of hydrogen-bond acceptors (Lipinski definition) is 4. The van der Waals surface area contributed by atoms with Crippen molar-refractivity contribution in [2.75, 3.05) is 6.54 Å². The average molecular weight is 344 g/mol. The lowest BCUT2D eigenvalue weighted by atomic mass is 10.1. The van der Waals surface area contributed by atoms with Crippen molar-refractivity contribution in [2.24, 2.45) is 0 Å². The van der Waals surface area contributed by atoms with Crippen molar-refractivity contribution in [3.05, 3.63) is 52.4 Å². The largest absolute Gasteiger partial charge is 0.361 e. The summed E-state index contributed by atoms with van der Waals surface area (Å²) in [5, 5.41) is 3.82. The Morgan fingerprint density at radius 3 is 2.39 bits per heavy atom. The summed E-state index contributed by atoms with van der Waals surface area (Å²) < 4.78 is 58.2. The van der Waals surface area contributed by atoms with E-state index in [1.54, 1.807) is 6.92 Å². The second-order valence-corrected chi connectivity index (χ2v) is 7.07. The average Bonchev–Trinajstić information content (AvgIpc) is 2.79. The van der Waals surface area contributed by atoms with E-state index in [9.17, 15) is 17.2 Å². The summed E-state index contributed by atoms with van der Waals surface area (Å²) in [5.41, 5.74) is 1.27. The van der Waals surface area contributed by atoms with Gasteiger partial charge in [-0.25, -0.2) is 21.9 Å². The number of hydrogen-bond donors (Lipinski definition) is 1. The maximum Gasteiger partial charge on any atom is 0.215 e. The zero-order valence-electron chi connectivity index (χ0n) is 12.9. The predicted octanol–water partition coefficient (Wildman–Crippen LogP) is 2.62. The van der Waals surface area contributed by atoms with Gasteiger partial charge in [0, 0.05) is 17.7 Å². The highest BCUT2D eigenvalue weighted by Gasteiger charge is 2.18. The Hall–Kier alpha value is -1.80. The molecule has 0 amide bonds. The minimum absolute atomic E-state index is 0.169.